The van der Waals surface area contributed by atoms with Crippen molar-refractivity contribution >= 4 is 27.5 Å². The number of amides is 1. The Morgan fingerprint density at radius 2 is 1.95 bits per heavy atom. The van der Waals surface area contributed by atoms with Gasteiger partial charge in [0.05, 0.1) is 31.0 Å². The van der Waals surface area contributed by atoms with E-state index < -0.39 is 5.54 Å². The van der Waals surface area contributed by atoms with Crippen molar-refractivity contribution in [3.8, 4) is 0 Å². The molecule has 0 aliphatic rings. The van der Waals surface area contributed by atoms with E-state index in [1.54, 1.807) is 6.07 Å². The largest absolute Gasteiger partial charge is 0.394 e. The third kappa shape index (κ3) is 4.58. The van der Waals surface area contributed by atoms with Gasteiger partial charge in [-0.25, -0.2) is 0 Å². The highest BCUT2D eigenvalue weighted by Gasteiger charge is 2.26. The summed E-state index contributed by atoms with van der Waals surface area (Å²) in [7, 11) is 0. The molecule has 0 aromatic heterocycles. The molecule has 1 amide bonds. The minimum absolute atomic E-state index is 0.0241. The average Bonchev–Trinajstić information content (AvgIpc) is 2.44. The second-order valence-electron chi connectivity index (χ2n) is 4.33. The molecule has 0 unspecified atom stereocenters. The summed E-state index contributed by atoms with van der Waals surface area (Å²) in [4.78, 5) is 11.8. The Morgan fingerprint density at radius 1 is 1.32 bits per heavy atom. The number of aliphatic hydroxyl groups is 2. The summed E-state index contributed by atoms with van der Waals surface area (Å²) in [6.45, 7) is 1.42. The Labute approximate surface area is 121 Å². The Hall–Kier alpha value is -0.950. The highest BCUT2D eigenvalue weighted by molar-refractivity contribution is 9.10. The molecule has 0 atom stereocenters. The normalized spacial score (nSPS) is 11.4. The fourth-order valence-electron chi connectivity index (χ4n) is 1.54. The van der Waals surface area contributed by atoms with E-state index in [1.807, 2.05) is 25.1 Å². The zero-order valence-corrected chi connectivity index (χ0v) is 12.4. The maximum atomic E-state index is 11.8. The first kappa shape index (κ1) is 16.1. The second-order valence-corrected chi connectivity index (χ2v) is 5.19. The van der Waals surface area contributed by atoms with E-state index in [2.05, 4.69) is 26.6 Å². The number of benzene rings is 1. The minimum atomic E-state index is -0.814. The highest BCUT2D eigenvalue weighted by atomic mass is 79.9. The predicted molar refractivity (Wildman–Crippen MR) is 78.0 cm³/mol. The molecule has 1 aromatic rings. The van der Waals surface area contributed by atoms with Crippen molar-refractivity contribution in [2.45, 2.75) is 18.9 Å². The van der Waals surface area contributed by atoms with Crippen LogP contribution in [0.3, 0.4) is 0 Å². The Kier molecular flexibility index (Phi) is 6.44. The van der Waals surface area contributed by atoms with Crippen LogP contribution in [-0.2, 0) is 4.79 Å². The SMILES string of the molecule is CCC(CO)(CO)NCC(=O)Nc1ccccc1Br. The van der Waals surface area contributed by atoms with E-state index in [9.17, 15) is 15.0 Å². The summed E-state index contributed by atoms with van der Waals surface area (Å²) in [6, 6.07) is 7.30. The van der Waals surface area contributed by atoms with E-state index in [4.69, 9.17) is 0 Å². The molecule has 6 heteroatoms. The van der Waals surface area contributed by atoms with E-state index in [0.29, 0.717) is 12.1 Å². The quantitative estimate of drug-likeness (QED) is 0.603. The number of rotatable bonds is 7. The van der Waals surface area contributed by atoms with Crippen LogP contribution >= 0.6 is 15.9 Å². The number of anilines is 1. The zero-order chi connectivity index (χ0) is 14.3. The number of carbonyl (C=O) groups is 1. The van der Waals surface area contributed by atoms with Gasteiger partial charge in [0.25, 0.3) is 0 Å². The molecule has 0 radical (unpaired) electrons. The average molecular weight is 331 g/mol. The van der Waals surface area contributed by atoms with E-state index in [-0.39, 0.29) is 25.7 Å². The lowest BCUT2D eigenvalue weighted by molar-refractivity contribution is -0.116. The van der Waals surface area contributed by atoms with Gasteiger partial charge in [-0.15, -0.1) is 0 Å². The fraction of sp³-hybridized carbons (Fsp3) is 0.462. The van der Waals surface area contributed by atoms with Crippen molar-refractivity contribution < 1.29 is 15.0 Å². The molecule has 0 spiro atoms. The molecule has 1 rings (SSSR count). The third-order valence-corrected chi connectivity index (χ3v) is 3.75. The number of carbonyl (C=O) groups excluding carboxylic acids is 1. The molecule has 0 aliphatic carbocycles. The van der Waals surface area contributed by atoms with Crippen molar-refractivity contribution in [2.75, 3.05) is 25.1 Å². The van der Waals surface area contributed by atoms with E-state index >= 15 is 0 Å². The van der Waals surface area contributed by atoms with Crippen molar-refractivity contribution in [1.82, 2.24) is 5.32 Å². The number of nitrogens with one attached hydrogen (secondary N) is 2. The van der Waals surface area contributed by atoms with E-state index in [0.717, 1.165) is 4.47 Å². The second kappa shape index (κ2) is 7.59. The molecule has 0 heterocycles. The van der Waals surface area contributed by atoms with Crippen molar-refractivity contribution in [1.29, 1.82) is 0 Å². The summed E-state index contributed by atoms with van der Waals surface area (Å²) < 4.78 is 0.800. The molecule has 0 fully saturated rings. The van der Waals surface area contributed by atoms with Crippen LogP contribution in [0.1, 0.15) is 13.3 Å². The predicted octanol–water partition coefficient (Wildman–Crippen LogP) is 1.11. The van der Waals surface area contributed by atoms with E-state index in [1.165, 1.54) is 0 Å². The number of hydrogen-bond donors (Lipinski definition) is 4. The summed E-state index contributed by atoms with van der Waals surface area (Å²) in [5, 5.41) is 24.2. The maximum Gasteiger partial charge on any atom is 0.238 e. The van der Waals surface area contributed by atoms with Gasteiger partial charge in [0.1, 0.15) is 0 Å². The lowest BCUT2D eigenvalue weighted by Gasteiger charge is -2.29. The number of aliphatic hydroxyl groups excluding tert-OH is 2. The van der Waals surface area contributed by atoms with Gasteiger partial charge in [0, 0.05) is 4.47 Å². The lowest BCUT2D eigenvalue weighted by atomic mass is 9.98. The van der Waals surface area contributed by atoms with Crippen molar-refractivity contribution in [3.05, 3.63) is 28.7 Å². The van der Waals surface area contributed by atoms with Gasteiger partial charge in [0.15, 0.2) is 0 Å². The summed E-state index contributed by atoms with van der Waals surface area (Å²) in [5.74, 6) is -0.230. The van der Waals surface area contributed by atoms with Gasteiger partial charge in [0.2, 0.25) is 5.91 Å². The molecule has 5 nitrogen and oxygen atoms in total. The molecule has 0 saturated carbocycles. The first-order chi connectivity index (χ1) is 9.06. The monoisotopic (exact) mass is 330 g/mol. The van der Waals surface area contributed by atoms with Gasteiger partial charge in [-0.2, -0.15) is 0 Å². The molecule has 0 aliphatic heterocycles. The summed E-state index contributed by atoms with van der Waals surface area (Å²) >= 11 is 3.34. The van der Waals surface area contributed by atoms with Crippen LogP contribution in [-0.4, -0.2) is 41.4 Å². The van der Waals surface area contributed by atoms with Gasteiger partial charge < -0.3 is 15.5 Å². The summed E-state index contributed by atoms with van der Waals surface area (Å²) in [5.41, 5.74) is -0.130. The van der Waals surface area contributed by atoms with Crippen LogP contribution in [0.25, 0.3) is 0 Å². The topological polar surface area (TPSA) is 81.6 Å². The number of hydrogen-bond acceptors (Lipinski definition) is 4. The van der Waals surface area contributed by atoms with Crippen LogP contribution in [0.2, 0.25) is 0 Å². The molecular formula is C13H19BrN2O3. The maximum absolute atomic E-state index is 11.8. The standard InChI is InChI=1S/C13H19BrN2O3/c1-2-13(8-17,9-18)15-7-12(19)16-11-6-4-3-5-10(11)14/h3-6,15,17-18H,2,7-9H2,1H3,(H,16,19). The van der Waals surface area contributed by atoms with Crippen LogP contribution in [0.15, 0.2) is 28.7 Å². The molecule has 0 saturated heterocycles. The van der Waals surface area contributed by atoms with Gasteiger partial charge >= 0.3 is 0 Å². The molecule has 1 aromatic carbocycles. The van der Waals surface area contributed by atoms with Crippen LogP contribution in [0.5, 0.6) is 0 Å². The molecule has 106 valence electrons. The first-order valence-electron chi connectivity index (χ1n) is 6.08. The Bertz CT molecular complexity index is 414. The first-order valence-corrected chi connectivity index (χ1v) is 6.87. The highest BCUT2D eigenvalue weighted by Crippen LogP contribution is 2.20. The van der Waals surface area contributed by atoms with Crippen LogP contribution in [0, 0.1) is 0 Å². The van der Waals surface area contributed by atoms with Crippen molar-refractivity contribution in [3.63, 3.8) is 0 Å². The Morgan fingerprint density at radius 3 is 2.47 bits per heavy atom. The number of para-hydroxylation sites is 1. The Balaban J connectivity index is 2.55. The lowest BCUT2D eigenvalue weighted by Crippen LogP contribution is -2.53. The van der Waals surface area contributed by atoms with Crippen molar-refractivity contribution in [2.24, 2.45) is 0 Å². The van der Waals surface area contributed by atoms with Crippen LogP contribution in [0.4, 0.5) is 5.69 Å². The molecule has 19 heavy (non-hydrogen) atoms. The summed E-state index contributed by atoms with van der Waals surface area (Å²) in [6.07, 6.45) is 0.530. The van der Waals surface area contributed by atoms with Crippen LogP contribution < -0.4 is 10.6 Å². The van der Waals surface area contributed by atoms with Gasteiger partial charge in [-0.05, 0) is 34.5 Å². The molecule has 4 N–H and O–H groups in total. The molecule has 0 bridgehead atoms. The smallest absolute Gasteiger partial charge is 0.238 e. The fourth-order valence-corrected chi connectivity index (χ4v) is 1.92. The third-order valence-electron chi connectivity index (χ3n) is 3.05. The minimum Gasteiger partial charge on any atom is -0.394 e. The molecular weight excluding hydrogens is 312 g/mol. The zero-order valence-electron chi connectivity index (χ0n) is 10.8. The number of halogens is 1. The van der Waals surface area contributed by atoms with Gasteiger partial charge in [-0.3, -0.25) is 10.1 Å². The van der Waals surface area contributed by atoms with Gasteiger partial charge in [-0.1, -0.05) is 19.1 Å².